The standard InChI is InChI=1S/C15H14Br2FNO/c1-9(10-3-6-15(20-2)13(18)7-10)19-14-5-4-11(16)8-12(14)17/h3-9,19H,1-2H3. The molecule has 0 bridgehead atoms. The predicted octanol–water partition coefficient (Wildman–Crippen LogP) is 5.53. The molecule has 0 aromatic heterocycles. The summed E-state index contributed by atoms with van der Waals surface area (Å²) < 4.78 is 20.6. The van der Waals surface area contributed by atoms with Crippen LogP contribution < -0.4 is 10.1 Å². The molecule has 1 unspecified atom stereocenters. The number of rotatable bonds is 4. The van der Waals surface area contributed by atoms with Crippen LogP contribution in [0.3, 0.4) is 0 Å². The first-order valence-corrected chi connectivity index (χ1v) is 7.65. The highest BCUT2D eigenvalue weighted by atomic mass is 79.9. The number of hydrogen-bond acceptors (Lipinski definition) is 2. The van der Waals surface area contributed by atoms with Gasteiger partial charge in [0.15, 0.2) is 11.6 Å². The van der Waals surface area contributed by atoms with E-state index in [0.717, 1.165) is 20.2 Å². The van der Waals surface area contributed by atoms with Gasteiger partial charge in [-0.2, -0.15) is 0 Å². The number of nitrogens with one attached hydrogen (secondary N) is 1. The van der Waals surface area contributed by atoms with Crippen molar-refractivity contribution in [2.45, 2.75) is 13.0 Å². The fourth-order valence-electron chi connectivity index (χ4n) is 1.88. The van der Waals surface area contributed by atoms with Crippen LogP contribution in [0.25, 0.3) is 0 Å². The lowest BCUT2D eigenvalue weighted by Crippen LogP contribution is -2.07. The van der Waals surface area contributed by atoms with Gasteiger partial charge < -0.3 is 10.1 Å². The lowest BCUT2D eigenvalue weighted by Gasteiger charge is -2.17. The molecule has 0 aliphatic rings. The Morgan fingerprint density at radius 2 is 1.90 bits per heavy atom. The molecule has 2 aromatic carbocycles. The van der Waals surface area contributed by atoms with Gasteiger partial charge in [0.05, 0.1) is 7.11 Å². The average Bonchev–Trinajstić information content (AvgIpc) is 2.41. The van der Waals surface area contributed by atoms with Gasteiger partial charge in [-0.05, 0) is 58.7 Å². The molecule has 0 spiro atoms. The zero-order chi connectivity index (χ0) is 14.7. The third-order valence-corrected chi connectivity index (χ3v) is 4.13. The van der Waals surface area contributed by atoms with Crippen LogP contribution in [0.5, 0.6) is 5.75 Å². The van der Waals surface area contributed by atoms with E-state index < -0.39 is 0 Å². The number of benzene rings is 2. The van der Waals surface area contributed by atoms with E-state index in [1.807, 2.05) is 31.2 Å². The molecule has 0 radical (unpaired) electrons. The van der Waals surface area contributed by atoms with Crippen molar-refractivity contribution in [2.75, 3.05) is 12.4 Å². The van der Waals surface area contributed by atoms with E-state index in [9.17, 15) is 4.39 Å². The summed E-state index contributed by atoms with van der Waals surface area (Å²) in [6, 6.07) is 10.8. The van der Waals surface area contributed by atoms with Gasteiger partial charge in [0, 0.05) is 20.7 Å². The van der Waals surface area contributed by atoms with Crippen LogP contribution in [0.15, 0.2) is 45.3 Å². The van der Waals surface area contributed by atoms with Crippen LogP contribution in [0, 0.1) is 5.82 Å². The Kier molecular flexibility index (Phi) is 5.05. The Bertz CT molecular complexity index is 619. The smallest absolute Gasteiger partial charge is 0.165 e. The fourth-order valence-corrected chi connectivity index (χ4v) is 3.04. The Balaban J connectivity index is 2.19. The van der Waals surface area contributed by atoms with Gasteiger partial charge in [0.2, 0.25) is 0 Å². The van der Waals surface area contributed by atoms with Crippen LogP contribution in [-0.2, 0) is 0 Å². The van der Waals surface area contributed by atoms with Gasteiger partial charge >= 0.3 is 0 Å². The molecule has 0 amide bonds. The monoisotopic (exact) mass is 401 g/mol. The first kappa shape index (κ1) is 15.3. The molecule has 2 aromatic rings. The van der Waals surface area contributed by atoms with Gasteiger partial charge in [-0.1, -0.05) is 22.0 Å². The summed E-state index contributed by atoms with van der Waals surface area (Å²) in [5.41, 5.74) is 1.81. The van der Waals surface area contributed by atoms with Crippen LogP contribution in [0.2, 0.25) is 0 Å². The number of hydrogen-bond donors (Lipinski definition) is 1. The van der Waals surface area contributed by atoms with E-state index in [4.69, 9.17) is 4.74 Å². The topological polar surface area (TPSA) is 21.3 Å². The molecule has 5 heteroatoms. The van der Waals surface area contributed by atoms with Crippen molar-refractivity contribution < 1.29 is 9.13 Å². The van der Waals surface area contributed by atoms with Crippen LogP contribution in [0.4, 0.5) is 10.1 Å². The third-order valence-electron chi connectivity index (χ3n) is 2.98. The van der Waals surface area contributed by atoms with Crippen molar-refractivity contribution in [1.82, 2.24) is 0 Å². The molecule has 0 saturated carbocycles. The maximum atomic E-state index is 13.7. The molecular weight excluding hydrogens is 389 g/mol. The quantitative estimate of drug-likeness (QED) is 0.725. The molecular formula is C15H14Br2FNO. The Labute approximate surface area is 134 Å². The predicted molar refractivity (Wildman–Crippen MR) is 86.8 cm³/mol. The molecule has 0 aliphatic heterocycles. The number of halogens is 3. The summed E-state index contributed by atoms with van der Waals surface area (Å²) in [5.74, 6) is -0.0979. The highest BCUT2D eigenvalue weighted by Gasteiger charge is 2.11. The lowest BCUT2D eigenvalue weighted by atomic mass is 10.1. The van der Waals surface area contributed by atoms with E-state index in [-0.39, 0.29) is 17.6 Å². The molecule has 0 fully saturated rings. The van der Waals surface area contributed by atoms with E-state index in [1.165, 1.54) is 13.2 Å². The molecule has 2 rings (SSSR count). The summed E-state index contributed by atoms with van der Waals surface area (Å²) in [7, 11) is 1.46. The zero-order valence-corrected chi connectivity index (χ0v) is 14.3. The van der Waals surface area contributed by atoms with Gasteiger partial charge in [0.1, 0.15) is 0 Å². The Morgan fingerprint density at radius 1 is 1.15 bits per heavy atom. The minimum Gasteiger partial charge on any atom is -0.494 e. The van der Waals surface area contributed by atoms with Crippen LogP contribution in [0.1, 0.15) is 18.5 Å². The van der Waals surface area contributed by atoms with Gasteiger partial charge in [0.25, 0.3) is 0 Å². The fraction of sp³-hybridized carbons (Fsp3) is 0.200. The summed E-state index contributed by atoms with van der Waals surface area (Å²) in [6.07, 6.45) is 0. The highest BCUT2D eigenvalue weighted by Crippen LogP contribution is 2.30. The third kappa shape index (κ3) is 3.52. The molecule has 0 saturated heterocycles. The molecule has 20 heavy (non-hydrogen) atoms. The molecule has 0 heterocycles. The number of anilines is 1. The van der Waals surface area contributed by atoms with Gasteiger partial charge in [-0.3, -0.25) is 0 Å². The van der Waals surface area contributed by atoms with Crippen molar-refractivity contribution in [3.05, 3.63) is 56.7 Å². The first-order chi connectivity index (χ1) is 9.51. The van der Waals surface area contributed by atoms with Gasteiger partial charge in [-0.15, -0.1) is 0 Å². The van der Waals surface area contributed by atoms with Crippen molar-refractivity contribution in [2.24, 2.45) is 0 Å². The van der Waals surface area contributed by atoms with E-state index in [2.05, 4.69) is 37.2 Å². The second-order valence-corrected chi connectivity index (χ2v) is 6.15. The molecule has 1 N–H and O–H groups in total. The summed E-state index contributed by atoms with van der Waals surface area (Å²) in [4.78, 5) is 0. The first-order valence-electron chi connectivity index (χ1n) is 6.06. The zero-order valence-electron chi connectivity index (χ0n) is 11.1. The average molecular weight is 403 g/mol. The lowest BCUT2D eigenvalue weighted by molar-refractivity contribution is 0.386. The summed E-state index contributed by atoms with van der Waals surface area (Å²) >= 11 is 6.91. The minimum atomic E-state index is -0.353. The molecule has 0 aliphatic carbocycles. The van der Waals surface area contributed by atoms with E-state index in [0.29, 0.717) is 0 Å². The largest absolute Gasteiger partial charge is 0.494 e. The van der Waals surface area contributed by atoms with Crippen molar-refractivity contribution in [3.8, 4) is 5.75 Å². The highest BCUT2D eigenvalue weighted by molar-refractivity contribution is 9.11. The van der Waals surface area contributed by atoms with Crippen LogP contribution in [-0.4, -0.2) is 7.11 Å². The molecule has 2 nitrogen and oxygen atoms in total. The maximum Gasteiger partial charge on any atom is 0.165 e. The van der Waals surface area contributed by atoms with Gasteiger partial charge in [-0.25, -0.2) is 4.39 Å². The summed E-state index contributed by atoms with van der Waals surface area (Å²) in [6.45, 7) is 1.98. The van der Waals surface area contributed by atoms with Crippen molar-refractivity contribution >= 4 is 37.5 Å². The normalized spacial score (nSPS) is 12.1. The Morgan fingerprint density at radius 3 is 2.50 bits per heavy atom. The Hall–Kier alpha value is -1.07. The van der Waals surface area contributed by atoms with E-state index in [1.54, 1.807) is 6.07 Å². The SMILES string of the molecule is COc1ccc(C(C)Nc2ccc(Br)cc2Br)cc1F. The molecule has 106 valence electrons. The number of ether oxygens (including phenoxy) is 1. The van der Waals surface area contributed by atoms with Crippen molar-refractivity contribution in [1.29, 1.82) is 0 Å². The minimum absolute atomic E-state index is 0.0205. The molecule has 1 atom stereocenters. The second-order valence-electron chi connectivity index (χ2n) is 4.38. The van der Waals surface area contributed by atoms with Crippen LogP contribution >= 0.6 is 31.9 Å². The van der Waals surface area contributed by atoms with Crippen molar-refractivity contribution in [3.63, 3.8) is 0 Å². The number of methoxy groups -OCH3 is 1. The maximum absolute atomic E-state index is 13.7. The van der Waals surface area contributed by atoms with E-state index >= 15 is 0 Å². The second kappa shape index (κ2) is 6.59. The summed E-state index contributed by atoms with van der Waals surface area (Å²) in [5, 5.41) is 3.34.